The van der Waals surface area contributed by atoms with E-state index in [4.69, 9.17) is 0 Å². The minimum absolute atomic E-state index is 0.627. The van der Waals surface area contributed by atoms with E-state index in [1.807, 2.05) is 0 Å². The van der Waals surface area contributed by atoms with Crippen molar-refractivity contribution in [2.45, 2.75) is 66.1 Å². The van der Waals surface area contributed by atoms with Crippen molar-refractivity contribution < 1.29 is 0 Å². The standard InChI is InChI=1S/C19H32N2/c1-6-8-17-11-20-19(14(2)3)13-21(17)12-18-15(4)9-7-10-16(18)5/h7,9-10,14,17,19-20H,6,8,11-13H2,1-5H3. The van der Waals surface area contributed by atoms with Crippen LogP contribution in [0.15, 0.2) is 18.2 Å². The zero-order valence-electron chi connectivity index (χ0n) is 14.4. The van der Waals surface area contributed by atoms with Gasteiger partial charge in [0.2, 0.25) is 0 Å². The van der Waals surface area contributed by atoms with Crippen LogP contribution in [0.3, 0.4) is 0 Å². The molecule has 1 saturated heterocycles. The van der Waals surface area contributed by atoms with Gasteiger partial charge in [0.1, 0.15) is 0 Å². The molecule has 0 radical (unpaired) electrons. The van der Waals surface area contributed by atoms with E-state index in [0.29, 0.717) is 18.0 Å². The normalized spacial score (nSPS) is 23.7. The average molecular weight is 288 g/mol. The van der Waals surface area contributed by atoms with Crippen molar-refractivity contribution in [2.24, 2.45) is 5.92 Å². The maximum Gasteiger partial charge on any atom is 0.0243 e. The lowest BCUT2D eigenvalue weighted by molar-refractivity contribution is 0.0993. The Morgan fingerprint density at radius 1 is 1.24 bits per heavy atom. The van der Waals surface area contributed by atoms with Crippen molar-refractivity contribution in [3.63, 3.8) is 0 Å². The van der Waals surface area contributed by atoms with Gasteiger partial charge in [-0.1, -0.05) is 45.4 Å². The van der Waals surface area contributed by atoms with Gasteiger partial charge in [0, 0.05) is 31.7 Å². The van der Waals surface area contributed by atoms with Gasteiger partial charge in [-0.25, -0.2) is 0 Å². The molecule has 21 heavy (non-hydrogen) atoms. The molecule has 2 unspecified atom stereocenters. The second-order valence-electron chi connectivity index (χ2n) is 7.00. The van der Waals surface area contributed by atoms with Crippen molar-refractivity contribution in [1.29, 1.82) is 0 Å². The minimum atomic E-state index is 0.627. The third-order valence-electron chi connectivity index (χ3n) is 5.00. The van der Waals surface area contributed by atoms with E-state index in [-0.39, 0.29) is 0 Å². The summed E-state index contributed by atoms with van der Waals surface area (Å²) >= 11 is 0. The summed E-state index contributed by atoms with van der Waals surface area (Å²) in [5.74, 6) is 0.702. The number of nitrogens with zero attached hydrogens (tertiary/aromatic N) is 1. The summed E-state index contributed by atoms with van der Waals surface area (Å²) in [6.07, 6.45) is 2.56. The van der Waals surface area contributed by atoms with Crippen LogP contribution in [0.4, 0.5) is 0 Å². The second-order valence-corrected chi connectivity index (χ2v) is 7.00. The summed E-state index contributed by atoms with van der Waals surface area (Å²) in [5, 5.41) is 3.76. The van der Waals surface area contributed by atoms with E-state index in [2.05, 4.69) is 63.0 Å². The molecule has 118 valence electrons. The summed E-state index contributed by atoms with van der Waals surface area (Å²) in [6.45, 7) is 14.9. The van der Waals surface area contributed by atoms with Gasteiger partial charge in [0.05, 0.1) is 0 Å². The van der Waals surface area contributed by atoms with Gasteiger partial charge in [-0.2, -0.15) is 0 Å². The largest absolute Gasteiger partial charge is 0.311 e. The van der Waals surface area contributed by atoms with Crippen LogP contribution in [0, 0.1) is 19.8 Å². The molecule has 1 N–H and O–H groups in total. The Morgan fingerprint density at radius 3 is 2.48 bits per heavy atom. The molecule has 0 amide bonds. The highest BCUT2D eigenvalue weighted by Crippen LogP contribution is 2.22. The van der Waals surface area contributed by atoms with Crippen LogP contribution in [0.25, 0.3) is 0 Å². The third-order valence-corrected chi connectivity index (χ3v) is 5.00. The van der Waals surface area contributed by atoms with Gasteiger partial charge < -0.3 is 5.32 Å². The van der Waals surface area contributed by atoms with Crippen LogP contribution in [-0.4, -0.2) is 30.1 Å². The van der Waals surface area contributed by atoms with Crippen LogP contribution in [0.5, 0.6) is 0 Å². The lowest BCUT2D eigenvalue weighted by atomic mass is 9.95. The van der Waals surface area contributed by atoms with Crippen LogP contribution in [-0.2, 0) is 6.54 Å². The number of aryl methyl sites for hydroxylation is 2. The zero-order valence-corrected chi connectivity index (χ0v) is 14.4. The van der Waals surface area contributed by atoms with Gasteiger partial charge >= 0.3 is 0 Å². The molecule has 1 aliphatic rings. The fraction of sp³-hybridized carbons (Fsp3) is 0.684. The molecule has 0 aromatic heterocycles. The van der Waals surface area contributed by atoms with E-state index in [9.17, 15) is 0 Å². The molecule has 0 aliphatic carbocycles. The molecule has 2 heteroatoms. The first-order valence-corrected chi connectivity index (χ1v) is 8.55. The number of hydrogen-bond donors (Lipinski definition) is 1. The predicted octanol–water partition coefficient (Wildman–Crippen LogP) is 3.90. The van der Waals surface area contributed by atoms with Crippen molar-refractivity contribution in [1.82, 2.24) is 10.2 Å². The van der Waals surface area contributed by atoms with Crippen LogP contribution in [0.2, 0.25) is 0 Å². The molecular formula is C19H32N2. The number of benzene rings is 1. The summed E-state index contributed by atoms with van der Waals surface area (Å²) < 4.78 is 0. The highest BCUT2D eigenvalue weighted by atomic mass is 15.2. The highest BCUT2D eigenvalue weighted by molar-refractivity contribution is 5.33. The molecule has 1 aliphatic heterocycles. The molecule has 0 saturated carbocycles. The molecule has 2 atom stereocenters. The Balaban J connectivity index is 2.16. The van der Waals surface area contributed by atoms with E-state index in [1.54, 1.807) is 0 Å². The van der Waals surface area contributed by atoms with Crippen LogP contribution < -0.4 is 5.32 Å². The topological polar surface area (TPSA) is 15.3 Å². The Kier molecular flexibility index (Phi) is 5.83. The molecule has 1 aromatic rings. The molecule has 0 bridgehead atoms. The Bertz CT molecular complexity index is 433. The van der Waals surface area contributed by atoms with E-state index in [1.165, 1.54) is 36.1 Å². The third kappa shape index (κ3) is 4.08. The number of rotatable bonds is 5. The molecule has 1 aromatic carbocycles. The predicted molar refractivity (Wildman–Crippen MR) is 91.7 cm³/mol. The van der Waals surface area contributed by atoms with Crippen molar-refractivity contribution >= 4 is 0 Å². The molecule has 1 fully saturated rings. The summed E-state index contributed by atoms with van der Waals surface area (Å²) in [7, 11) is 0. The fourth-order valence-corrected chi connectivity index (χ4v) is 3.44. The Hall–Kier alpha value is -0.860. The van der Waals surface area contributed by atoms with Gasteiger partial charge in [0.25, 0.3) is 0 Å². The number of nitrogens with one attached hydrogen (secondary N) is 1. The highest BCUT2D eigenvalue weighted by Gasteiger charge is 2.29. The first kappa shape index (κ1) is 16.5. The maximum absolute atomic E-state index is 3.76. The lowest BCUT2D eigenvalue weighted by Crippen LogP contribution is -2.57. The molecule has 2 nitrogen and oxygen atoms in total. The quantitative estimate of drug-likeness (QED) is 0.884. The number of piperazine rings is 1. The monoisotopic (exact) mass is 288 g/mol. The van der Waals surface area contributed by atoms with Crippen molar-refractivity contribution in [2.75, 3.05) is 13.1 Å². The van der Waals surface area contributed by atoms with E-state index >= 15 is 0 Å². The van der Waals surface area contributed by atoms with Gasteiger partial charge in [0.15, 0.2) is 0 Å². The average Bonchev–Trinajstić information content (AvgIpc) is 2.44. The maximum atomic E-state index is 3.76. The molecule has 2 rings (SSSR count). The van der Waals surface area contributed by atoms with Crippen molar-refractivity contribution in [3.05, 3.63) is 34.9 Å². The first-order valence-electron chi connectivity index (χ1n) is 8.55. The fourth-order valence-electron chi connectivity index (χ4n) is 3.44. The van der Waals surface area contributed by atoms with Gasteiger partial charge in [-0.15, -0.1) is 0 Å². The molecule has 1 heterocycles. The molecule has 0 spiro atoms. The Labute approximate surface area is 130 Å². The van der Waals surface area contributed by atoms with Gasteiger partial charge in [-0.3, -0.25) is 4.90 Å². The van der Waals surface area contributed by atoms with E-state index < -0.39 is 0 Å². The van der Waals surface area contributed by atoms with Gasteiger partial charge in [-0.05, 0) is 42.9 Å². The summed E-state index contributed by atoms with van der Waals surface area (Å²) in [5.41, 5.74) is 4.40. The van der Waals surface area contributed by atoms with Crippen LogP contribution >= 0.6 is 0 Å². The smallest absolute Gasteiger partial charge is 0.0243 e. The lowest BCUT2D eigenvalue weighted by Gasteiger charge is -2.42. The first-order chi connectivity index (χ1) is 10.0. The number of hydrogen-bond acceptors (Lipinski definition) is 2. The summed E-state index contributed by atoms with van der Waals surface area (Å²) in [4.78, 5) is 2.72. The second kappa shape index (κ2) is 7.42. The van der Waals surface area contributed by atoms with E-state index in [0.717, 1.165) is 13.1 Å². The Morgan fingerprint density at radius 2 is 1.90 bits per heavy atom. The van der Waals surface area contributed by atoms with Crippen LogP contribution in [0.1, 0.15) is 50.3 Å². The summed E-state index contributed by atoms with van der Waals surface area (Å²) in [6, 6.07) is 7.98. The molecular weight excluding hydrogens is 256 g/mol. The van der Waals surface area contributed by atoms with Crippen molar-refractivity contribution in [3.8, 4) is 0 Å². The SMILES string of the molecule is CCCC1CNC(C(C)C)CN1Cc1c(C)cccc1C. The zero-order chi connectivity index (χ0) is 15.4. The minimum Gasteiger partial charge on any atom is -0.311 e.